The van der Waals surface area contributed by atoms with Crippen LogP contribution in [0, 0.1) is 11.8 Å². The van der Waals surface area contributed by atoms with Crippen molar-refractivity contribution in [3.63, 3.8) is 0 Å². The van der Waals surface area contributed by atoms with Gasteiger partial charge in [0.05, 0.1) is 23.7 Å². The first-order chi connectivity index (χ1) is 13.3. The summed E-state index contributed by atoms with van der Waals surface area (Å²) in [5.41, 5.74) is 5.33. The molecule has 0 N–H and O–H groups in total. The number of nitrogens with zero attached hydrogens (tertiary/aromatic N) is 2. The van der Waals surface area contributed by atoms with Crippen LogP contribution in [0.5, 0.6) is 0 Å². The molecule has 7 rings (SSSR count). The fraction of sp³-hybridized carbons (Fsp3) is 0.174. The Morgan fingerprint density at radius 2 is 1.15 bits per heavy atom. The first-order valence-corrected chi connectivity index (χ1v) is 9.23. The summed E-state index contributed by atoms with van der Waals surface area (Å²) in [5.74, 6) is -1.01. The second kappa shape index (κ2) is 5.13. The van der Waals surface area contributed by atoms with Gasteiger partial charge < -0.3 is 0 Å². The topological polar surface area (TPSA) is 50.3 Å². The highest BCUT2D eigenvalue weighted by atomic mass is 16.2. The smallest absolute Gasteiger partial charge is 0.238 e. The van der Waals surface area contributed by atoms with Gasteiger partial charge in [0.2, 0.25) is 11.8 Å². The number of amides is 2. The van der Waals surface area contributed by atoms with Crippen LogP contribution in [0.25, 0.3) is 0 Å². The van der Waals surface area contributed by atoms with Crippen molar-refractivity contribution in [3.8, 4) is 0 Å². The number of rotatable bonds is 1. The number of anilines is 1. The van der Waals surface area contributed by atoms with Gasteiger partial charge in [-0.25, -0.2) is 4.90 Å². The van der Waals surface area contributed by atoms with Gasteiger partial charge in [0.1, 0.15) is 0 Å². The number of carbonyl (C=O) groups is 2. The Balaban J connectivity index is 1.60. The molecule has 1 aromatic heterocycles. The van der Waals surface area contributed by atoms with Gasteiger partial charge in [-0.15, -0.1) is 0 Å². The van der Waals surface area contributed by atoms with E-state index in [1.165, 1.54) is 27.2 Å². The van der Waals surface area contributed by atoms with Gasteiger partial charge in [-0.3, -0.25) is 14.6 Å². The SMILES string of the molecule is O=C1[C@H]2C3c4ccccc4C(c4ccccc43)[C@@H]2C(=O)N1c1cccnc1. The molecule has 2 bridgehead atoms. The average molecular weight is 352 g/mol. The zero-order chi connectivity index (χ0) is 18.1. The summed E-state index contributed by atoms with van der Waals surface area (Å²) in [5, 5.41) is 0. The Morgan fingerprint density at radius 3 is 1.56 bits per heavy atom. The van der Waals surface area contributed by atoms with Crippen molar-refractivity contribution < 1.29 is 9.59 Å². The molecule has 0 spiro atoms. The number of carbonyl (C=O) groups excluding carboxylic acids is 2. The van der Waals surface area contributed by atoms with Crippen molar-refractivity contribution in [2.24, 2.45) is 11.8 Å². The number of aromatic nitrogens is 1. The second-order valence-electron chi connectivity index (χ2n) is 7.49. The lowest BCUT2D eigenvalue weighted by Gasteiger charge is -2.45. The van der Waals surface area contributed by atoms with Crippen molar-refractivity contribution in [2.45, 2.75) is 11.8 Å². The summed E-state index contributed by atoms with van der Waals surface area (Å²) >= 11 is 0. The summed E-state index contributed by atoms with van der Waals surface area (Å²) in [7, 11) is 0. The molecule has 2 heterocycles. The third-order valence-corrected chi connectivity index (χ3v) is 6.35. The lowest BCUT2D eigenvalue weighted by molar-refractivity contribution is -0.122. The van der Waals surface area contributed by atoms with Crippen molar-refractivity contribution in [1.82, 2.24) is 4.98 Å². The monoisotopic (exact) mass is 352 g/mol. The van der Waals surface area contributed by atoms with Gasteiger partial charge in [-0.1, -0.05) is 48.5 Å². The molecule has 0 radical (unpaired) electrons. The minimum Gasteiger partial charge on any atom is -0.274 e. The summed E-state index contributed by atoms with van der Waals surface area (Å²) < 4.78 is 0. The summed E-state index contributed by atoms with van der Waals surface area (Å²) in [6.07, 6.45) is 3.24. The van der Waals surface area contributed by atoms with Crippen LogP contribution < -0.4 is 4.90 Å². The second-order valence-corrected chi connectivity index (χ2v) is 7.49. The molecule has 0 unspecified atom stereocenters. The summed E-state index contributed by atoms with van der Waals surface area (Å²) in [4.78, 5) is 32.3. The molecule has 0 saturated carbocycles. The maximum absolute atomic E-state index is 13.4. The number of hydrogen-bond donors (Lipinski definition) is 0. The van der Waals surface area contributed by atoms with Crippen LogP contribution in [0.3, 0.4) is 0 Å². The normalized spacial score (nSPS) is 27.3. The first-order valence-electron chi connectivity index (χ1n) is 9.23. The maximum Gasteiger partial charge on any atom is 0.238 e. The zero-order valence-corrected chi connectivity index (χ0v) is 14.4. The van der Waals surface area contributed by atoms with Crippen molar-refractivity contribution in [3.05, 3.63) is 95.3 Å². The summed E-state index contributed by atoms with van der Waals surface area (Å²) in [6.45, 7) is 0. The van der Waals surface area contributed by atoms with Gasteiger partial charge >= 0.3 is 0 Å². The number of imide groups is 1. The lowest BCUT2D eigenvalue weighted by Crippen LogP contribution is -2.41. The highest BCUT2D eigenvalue weighted by molar-refractivity contribution is 6.23. The third-order valence-electron chi connectivity index (χ3n) is 6.35. The molecule has 4 aliphatic rings. The maximum atomic E-state index is 13.4. The molecule has 130 valence electrons. The Bertz CT molecular complexity index is 993. The van der Waals surface area contributed by atoms with Crippen LogP contribution in [-0.2, 0) is 9.59 Å². The predicted molar refractivity (Wildman–Crippen MR) is 100 cm³/mol. The Morgan fingerprint density at radius 1 is 0.667 bits per heavy atom. The number of pyridine rings is 1. The third kappa shape index (κ3) is 1.75. The highest BCUT2D eigenvalue weighted by Gasteiger charge is 2.61. The largest absolute Gasteiger partial charge is 0.274 e. The minimum atomic E-state index is -0.340. The van der Waals surface area contributed by atoms with E-state index < -0.39 is 0 Å². The van der Waals surface area contributed by atoms with E-state index in [0.717, 1.165) is 0 Å². The molecule has 2 aromatic carbocycles. The van der Waals surface area contributed by atoms with Gasteiger partial charge in [-0.2, -0.15) is 0 Å². The van der Waals surface area contributed by atoms with Gasteiger partial charge in [0.25, 0.3) is 0 Å². The molecule has 2 amide bonds. The quantitative estimate of drug-likeness (QED) is 0.630. The van der Waals surface area contributed by atoms with E-state index in [9.17, 15) is 9.59 Å². The Kier molecular flexibility index (Phi) is 2.82. The molecule has 3 aliphatic carbocycles. The van der Waals surface area contributed by atoms with Crippen LogP contribution in [0.15, 0.2) is 73.1 Å². The molecule has 4 heteroatoms. The number of hydrogen-bond acceptors (Lipinski definition) is 3. The fourth-order valence-corrected chi connectivity index (χ4v) is 5.42. The average Bonchev–Trinajstić information content (AvgIpc) is 3.00. The molecular weight excluding hydrogens is 336 g/mol. The lowest BCUT2D eigenvalue weighted by atomic mass is 9.55. The van der Waals surface area contributed by atoms with Crippen LogP contribution in [-0.4, -0.2) is 16.8 Å². The van der Waals surface area contributed by atoms with E-state index >= 15 is 0 Å². The minimum absolute atomic E-state index is 0.0643. The fourth-order valence-electron chi connectivity index (χ4n) is 5.42. The van der Waals surface area contributed by atoms with Crippen LogP contribution in [0.1, 0.15) is 34.1 Å². The number of benzene rings is 2. The molecule has 2 atom stereocenters. The van der Waals surface area contributed by atoms with E-state index in [4.69, 9.17) is 0 Å². The van der Waals surface area contributed by atoms with Crippen LogP contribution in [0.2, 0.25) is 0 Å². The Hall–Kier alpha value is -3.27. The zero-order valence-electron chi connectivity index (χ0n) is 14.4. The van der Waals surface area contributed by atoms with Gasteiger partial charge in [0, 0.05) is 18.0 Å². The molecule has 1 fully saturated rings. The standard InChI is InChI=1S/C23H16N2O2/c26-22-20-18-14-7-1-2-8-15(14)19(17-10-4-3-9-16(17)18)21(20)23(27)25(22)13-6-5-11-24-12-13/h1-12,18-21H/t18?,19?,20-,21-/m0/s1. The van der Waals surface area contributed by atoms with E-state index in [1.807, 2.05) is 24.3 Å². The van der Waals surface area contributed by atoms with E-state index in [-0.39, 0.29) is 35.5 Å². The predicted octanol–water partition coefficient (Wildman–Crippen LogP) is 3.48. The molecule has 4 nitrogen and oxygen atoms in total. The van der Waals surface area contributed by atoms with Crippen LogP contribution in [0.4, 0.5) is 5.69 Å². The molecule has 1 aliphatic heterocycles. The molecule has 1 saturated heterocycles. The highest BCUT2D eigenvalue weighted by Crippen LogP contribution is 2.61. The first kappa shape index (κ1) is 14.9. The summed E-state index contributed by atoms with van der Waals surface area (Å²) in [6, 6.07) is 20.1. The molecular formula is C23H16N2O2. The van der Waals surface area contributed by atoms with Crippen molar-refractivity contribution in [1.29, 1.82) is 0 Å². The Labute approximate surface area is 156 Å². The van der Waals surface area contributed by atoms with E-state index in [2.05, 4.69) is 29.2 Å². The molecule has 3 aromatic rings. The van der Waals surface area contributed by atoms with Gasteiger partial charge in [-0.05, 0) is 34.4 Å². The van der Waals surface area contributed by atoms with Crippen LogP contribution >= 0.6 is 0 Å². The van der Waals surface area contributed by atoms with E-state index in [1.54, 1.807) is 24.5 Å². The van der Waals surface area contributed by atoms with Crippen molar-refractivity contribution in [2.75, 3.05) is 4.90 Å². The van der Waals surface area contributed by atoms with Crippen molar-refractivity contribution >= 4 is 17.5 Å². The molecule has 27 heavy (non-hydrogen) atoms. The van der Waals surface area contributed by atoms with E-state index in [0.29, 0.717) is 5.69 Å². The van der Waals surface area contributed by atoms with Gasteiger partial charge in [0.15, 0.2) is 0 Å².